The topological polar surface area (TPSA) is 66.9 Å². The number of anilines is 2. The van der Waals surface area contributed by atoms with Crippen LogP contribution < -0.4 is 10.6 Å². The maximum atomic E-state index is 13.6. The third-order valence-electron chi connectivity index (χ3n) is 3.95. The highest BCUT2D eigenvalue weighted by Crippen LogP contribution is 2.20. The lowest BCUT2D eigenvalue weighted by atomic mass is 10.1. The molecule has 0 unspecified atom stereocenters. The third kappa shape index (κ3) is 4.22. The van der Waals surface area contributed by atoms with E-state index in [1.165, 1.54) is 6.07 Å². The van der Waals surface area contributed by atoms with E-state index in [1.54, 1.807) is 30.3 Å². The minimum atomic E-state index is -0.404. The first kappa shape index (κ1) is 17.5. The number of halogens is 1. The highest BCUT2D eigenvalue weighted by atomic mass is 19.1. The van der Waals surface area contributed by atoms with Crippen LogP contribution in [0.5, 0.6) is 0 Å². The van der Waals surface area contributed by atoms with Crippen LogP contribution in [0.4, 0.5) is 15.9 Å². The van der Waals surface area contributed by atoms with Gasteiger partial charge in [0.25, 0.3) is 5.91 Å². The Morgan fingerprint density at radius 1 is 1.04 bits per heavy atom. The summed E-state index contributed by atoms with van der Waals surface area (Å²) in [7, 11) is 0. The Morgan fingerprint density at radius 2 is 1.85 bits per heavy atom. The van der Waals surface area contributed by atoms with E-state index in [9.17, 15) is 9.18 Å². The van der Waals surface area contributed by atoms with Crippen molar-refractivity contribution in [3.05, 3.63) is 82.8 Å². The molecule has 0 atom stereocenters. The zero-order valence-corrected chi connectivity index (χ0v) is 14.6. The summed E-state index contributed by atoms with van der Waals surface area (Å²) in [6, 6.07) is 15.7. The molecule has 2 aromatic carbocycles. The van der Waals surface area contributed by atoms with Gasteiger partial charge >= 0.3 is 0 Å². The molecule has 3 rings (SSSR count). The number of carbonyl (C=O) groups excluding carboxylic acids is 1. The first-order valence-corrected chi connectivity index (χ1v) is 8.22. The van der Waals surface area contributed by atoms with Crippen molar-refractivity contribution in [1.29, 1.82) is 0 Å². The molecule has 0 fully saturated rings. The van der Waals surface area contributed by atoms with E-state index in [4.69, 9.17) is 0 Å². The molecule has 2 N–H and O–H groups in total. The van der Waals surface area contributed by atoms with Crippen LogP contribution >= 0.6 is 0 Å². The van der Waals surface area contributed by atoms with Gasteiger partial charge in [0, 0.05) is 17.8 Å². The number of nitrogens with one attached hydrogen (secondary N) is 2. The third-order valence-corrected chi connectivity index (χ3v) is 3.95. The van der Waals surface area contributed by atoms with Crippen LogP contribution in [0, 0.1) is 19.7 Å². The smallest absolute Gasteiger partial charge is 0.272 e. The molecule has 5 nitrogen and oxygen atoms in total. The molecule has 3 aromatic rings. The molecule has 26 heavy (non-hydrogen) atoms. The van der Waals surface area contributed by atoms with Crippen LogP contribution in [0.1, 0.15) is 27.2 Å². The van der Waals surface area contributed by atoms with Gasteiger partial charge in [-0.15, -0.1) is 10.2 Å². The lowest BCUT2D eigenvalue weighted by Gasteiger charge is -2.10. The quantitative estimate of drug-likeness (QED) is 0.732. The fourth-order valence-corrected chi connectivity index (χ4v) is 2.44. The largest absolute Gasteiger partial charge is 0.346 e. The number of carbonyl (C=O) groups is 1. The second kappa shape index (κ2) is 7.74. The molecule has 1 heterocycles. The van der Waals surface area contributed by atoms with Crippen molar-refractivity contribution < 1.29 is 9.18 Å². The van der Waals surface area contributed by atoms with Crippen molar-refractivity contribution in [2.24, 2.45) is 0 Å². The van der Waals surface area contributed by atoms with Gasteiger partial charge in [-0.3, -0.25) is 4.79 Å². The lowest BCUT2D eigenvalue weighted by Crippen LogP contribution is -2.24. The summed E-state index contributed by atoms with van der Waals surface area (Å²) in [6.07, 6.45) is 0. The number of amides is 1. The van der Waals surface area contributed by atoms with Gasteiger partial charge < -0.3 is 10.6 Å². The van der Waals surface area contributed by atoms with Crippen molar-refractivity contribution >= 4 is 17.4 Å². The highest BCUT2D eigenvalue weighted by molar-refractivity contribution is 5.92. The van der Waals surface area contributed by atoms with Crippen LogP contribution in [0.25, 0.3) is 0 Å². The van der Waals surface area contributed by atoms with Crippen LogP contribution in [0.15, 0.2) is 54.6 Å². The summed E-state index contributed by atoms with van der Waals surface area (Å²) in [6.45, 7) is 4.11. The van der Waals surface area contributed by atoms with Crippen molar-refractivity contribution in [1.82, 2.24) is 15.5 Å². The molecule has 0 aliphatic rings. The summed E-state index contributed by atoms with van der Waals surface area (Å²) in [5.41, 5.74) is 3.75. The van der Waals surface area contributed by atoms with Gasteiger partial charge in [0.15, 0.2) is 11.5 Å². The molecule has 6 heteroatoms. The monoisotopic (exact) mass is 350 g/mol. The Bertz CT molecular complexity index is 925. The van der Waals surface area contributed by atoms with Crippen LogP contribution in [0.3, 0.4) is 0 Å². The minimum Gasteiger partial charge on any atom is -0.346 e. The molecule has 0 saturated heterocycles. The van der Waals surface area contributed by atoms with Gasteiger partial charge in [0.05, 0.1) is 0 Å². The van der Waals surface area contributed by atoms with E-state index >= 15 is 0 Å². The fourth-order valence-electron chi connectivity index (χ4n) is 2.44. The van der Waals surface area contributed by atoms with Crippen molar-refractivity contribution in [3.63, 3.8) is 0 Å². The zero-order chi connectivity index (χ0) is 18.5. The van der Waals surface area contributed by atoms with E-state index in [0.29, 0.717) is 11.4 Å². The predicted octanol–water partition coefficient (Wildman–Crippen LogP) is 3.91. The second-order valence-electron chi connectivity index (χ2n) is 6.02. The molecule has 0 radical (unpaired) electrons. The molecule has 0 spiro atoms. The van der Waals surface area contributed by atoms with Gasteiger partial charge in [0.2, 0.25) is 0 Å². The number of benzene rings is 2. The maximum absolute atomic E-state index is 13.6. The van der Waals surface area contributed by atoms with Gasteiger partial charge in [-0.05, 0) is 49.2 Å². The Morgan fingerprint density at radius 3 is 2.58 bits per heavy atom. The molecule has 1 aromatic heterocycles. The lowest BCUT2D eigenvalue weighted by molar-refractivity contribution is 0.0944. The predicted molar refractivity (Wildman–Crippen MR) is 98.8 cm³/mol. The van der Waals surface area contributed by atoms with Crippen LogP contribution in [-0.2, 0) is 6.54 Å². The first-order valence-electron chi connectivity index (χ1n) is 8.22. The number of hydrogen-bond donors (Lipinski definition) is 2. The minimum absolute atomic E-state index is 0.0929. The van der Waals surface area contributed by atoms with E-state index in [-0.39, 0.29) is 18.1 Å². The average Bonchev–Trinajstić information content (AvgIpc) is 2.64. The molecule has 132 valence electrons. The van der Waals surface area contributed by atoms with Crippen LogP contribution in [-0.4, -0.2) is 16.1 Å². The number of rotatable bonds is 5. The molecule has 0 bridgehead atoms. The molecule has 0 saturated carbocycles. The van der Waals surface area contributed by atoms with Gasteiger partial charge in [-0.25, -0.2) is 4.39 Å². The number of hydrogen-bond acceptors (Lipinski definition) is 4. The van der Waals surface area contributed by atoms with Gasteiger partial charge in [-0.1, -0.05) is 30.3 Å². The fraction of sp³-hybridized carbons (Fsp3) is 0.150. The number of aryl methyl sites for hydroxylation is 2. The highest BCUT2D eigenvalue weighted by Gasteiger charge is 2.10. The molecule has 0 aliphatic carbocycles. The molecule has 0 aliphatic heterocycles. The molecular formula is C20H19FN4O. The number of nitrogens with zero attached hydrogens (tertiary/aromatic N) is 2. The Kier molecular flexibility index (Phi) is 5.22. The standard InChI is InChI=1S/C20H19FN4O/c1-13-7-8-14(2)18(11-13)23-19-10-9-17(24-25-19)20(26)22-12-15-5-3-4-6-16(15)21/h3-11H,12H2,1-2H3,(H,22,26)(H,23,25). The van der Waals surface area contributed by atoms with Crippen molar-refractivity contribution in [3.8, 4) is 0 Å². The van der Waals surface area contributed by atoms with E-state index in [0.717, 1.165) is 16.8 Å². The summed E-state index contributed by atoms with van der Waals surface area (Å²) >= 11 is 0. The SMILES string of the molecule is Cc1ccc(C)c(Nc2ccc(C(=O)NCc3ccccc3F)nn2)c1. The van der Waals surface area contributed by atoms with Gasteiger partial charge in [0.1, 0.15) is 5.82 Å². The van der Waals surface area contributed by atoms with Crippen LogP contribution in [0.2, 0.25) is 0 Å². The van der Waals surface area contributed by atoms with E-state index in [2.05, 4.69) is 20.8 Å². The van der Waals surface area contributed by atoms with E-state index in [1.807, 2.05) is 32.0 Å². The summed E-state index contributed by atoms with van der Waals surface area (Å²) in [5, 5.41) is 13.8. The maximum Gasteiger partial charge on any atom is 0.272 e. The summed E-state index contributed by atoms with van der Waals surface area (Å²) < 4.78 is 13.6. The summed E-state index contributed by atoms with van der Waals surface area (Å²) in [4.78, 5) is 12.1. The van der Waals surface area contributed by atoms with Crippen molar-refractivity contribution in [2.75, 3.05) is 5.32 Å². The zero-order valence-electron chi connectivity index (χ0n) is 14.6. The molecule has 1 amide bonds. The Hall–Kier alpha value is -3.28. The molecular weight excluding hydrogens is 331 g/mol. The average molecular weight is 350 g/mol. The first-order chi connectivity index (χ1) is 12.5. The second-order valence-corrected chi connectivity index (χ2v) is 6.02. The van der Waals surface area contributed by atoms with Crippen molar-refractivity contribution in [2.45, 2.75) is 20.4 Å². The Labute approximate surface area is 151 Å². The number of aromatic nitrogens is 2. The Balaban J connectivity index is 1.64. The van der Waals surface area contributed by atoms with Gasteiger partial charge in [-0.2, -0.15) is 0 Å². The summed E-state index contributed by atoms with van der Waals surface area (Å²) in [5.74, 6) is -0.213. The normalized spacial score (nSPS) is 10.4. The van der Waals surface area contributed by atoms with E-state index < -0.39 is 5.91 Å².